The maximum Gasteiger partial charge on any atom is 0.325 e. The van der Waals surface area contributed by atoms with Crippen LogP contribution in [0.3, 0.4) is 0 Å². The van der Waals surface area contributed by atoms with Crippen molar-refractivity contribution >= 4 is 24.3 Å². The number of urea groups is 1. The molecule has 4 rings (SSSR count). The van der Waals surface area contributed by atoms with E-state index in [0.717, 1.165) is 45.3 Å². The van der Waals surface area contributed by atoms with Crippen LogP contribution < -0.4 is 10.6 Å². The second kappa shape index (κ2) is 7.50. The third-order valence-corrected chi connectivity index (χ3v) is 5.55. The molecule has 1 aromatic rings. The number of rotatable bonds is 4. The molecule has 3 amide bonds. The van der Waals surface area contributed by atoms with Crippen molar-refractivity contribution in [3.05, 3.63) is 11.7 Å². The molecule has 3 heterocycles. The molecular formula is C16H25ClN6O3. The number of carbonyl (C=O) groups is 2. The van der Waals surface area contributed by atoms with E-state index in [4.69, 9.17) is 4.52 Å². The lowest BCUT2D eigenvalue weighted by Crippen LogP contribution is -2.44. The van der Waals surface area contributed by atoms with E-state index in [0.29, 0.717) is 18.1 Å². The molecule has 1 atom stereocenters. The van der Waals surface area contributed by atoms with Crippen molar-refractivity contribution in [3.8, 4) is 0 Å². The number of piperazine rings is 1. The Labute approximate surface area is 158 Å². The number of imide groups is 1. The lowest BCUT2D eigenvalue weighted by atomic mass is 9.98. The number of hydrogen-bond donors (Lipinski definition) is 2. The summed E-state index contributed by atoms with van der Waals surface area (Å²) in [5.74, 6) is 1.00. The fourth-order valence-corrected chi connectivity index (χ4v) is 4.00. The molecule has 1 unspecified atom stereocenters. The molecule has 144 valence electrons. The number of hydrogen-bond acceptors (Lipinski definition) is 7. The van der Waals surface area contributed by atoms with Gasteiger partial charge < -0.3 is 15.2 Å². The van der Waals surface area contributed by atoms with Crippen LogP contribution in [-0.4, -0.2) is 70.6 Å². The average Bonchev–Trinajstić information content (AvgIpc) is 3.30. The van der Waals surface area contributed by atoms with Gasteiger partial charge in [-0.2, -0.15) is 4.98 Å². The van der Waals surface area contributed by atoms with E-state index in [2.05, 4.69) is 25.7 Å². The van der Waals surface area contributed by atoms with Gasteiger partial charge in [-0.1, -0.05) is 18.0 Å². The summed E-state index contributed by atoms with van der Waals surface area (Å²) in [5.41, 5.74) is -0.659. The van der Waals surface area contributed by atoms with E-state index in [9.17, 15) is 9.59 Å². The Balaban J connectivity index is 0.00000196. The first-order chi connectivity index (χ1) is 12.1. The lowest BCUT2D eigenvalue weighted by Gasteiger charge is -2.30. The van der Waals surface area contributed by atoms with Gasteiger partial charge in [0.1, 0.15) is 5.54 Å². The van der Waals surface area contributed by atoms with Crippen LogP contribution in [-0.2, 0) is 11.2 Å². The van der Waals surface area contributed by atoms with E-state index in [1.807, 2.05) is 7.05 Å². The van der Waals surface area contributed by atoms with Crippen molar-refractivity contribution in [1.29, 1.82) is 0 Å². The van der Waals surface area contributed by atoms with E-state index in [-0.39, 0.29) is 36.9 Å². The zero-order valence-electron chi connectivity index (χ0n) is 14.9. The minimum atomic E-state index is -0.659. The second-order valence-corrected chi connectivity index (χ2v) is 7.17. The first-order valence-corrected chi connectivity index (χ1v) is 8.97. The maximum atomic E-state index is 12.6. The predicted octanol–water partition coefficient (Wildman–Crippen LogP) is 0.475. The van der Waals surface area contributed by atoms with Crippen LogP contribution in [0, 0.1) is 0 Å². The zero-order valence-corrected chi connectivity index (χ0v) is 15.7. The minimum Gasteiger partial charge on any atom is -0.339 e. The van der Waals surface area contributed by atoms with Crippen molar-refractivity contribution < 1.29 is 14.1 Å². The Hall–Kier alpha value is -1.71. The molecule has 0 bridgehead atoms. The summed E-state index contributed by atoms with van der Waals surface area (Å²) in [5, 5.41) is 10.3. The molecule has 1 aromatic heterocycles. The van der Waals surface area contributed by atoms with Crippen molar-refractivity contribution in [2.24, 2.45) is 0 Å². The van der Waals surface area contributed by atoms with Gasteiger partial charge in [-0.25, -0.2) is 4.79 Å². The molecule has 2 aliphatic heterocycles. The van der Waals surface area contributed by atoms with Gasteiger partial charge in [-0.05, 0) is 19.9 Å². The topological polar surface area (TPSA) is 104 Å². The predicted molar refractivity (Wildman–Crippen MR) is 94.9 cm³/mol. The third kappa shape index (κ3) is 3.30. The summed E-state index contributed by atoms with van der Waals surface area (Å²) in [7, 11) is 2.04. The highest BCUT2D eigenvalue weighted by atomic mass is 35.5. The summed E-state index contributed by atoms with van der Waals surface area (Å²) in [6.07, 6.45) is 3.82. The lowest BCUT2D eigenvalue weighted by molar-refractivity contribution is -0.131. The average molecular weight is 385 g/mol. The number of amides is 3. The van der Waals surface area contributed by atoms with Gasteiger partial charge in [0.2, 0.25) is 5.89 Å². The molecule has 1 spiro atoms. The van der Waals surface area contributed by atoms with E-state index < -0.39 is 5.54 Å². The number of likely N-dealkylation sites (N-methyl/N-ethyl adjacent to an activating group) is 1. The largest absolute Gasteiger partial charge is 0.339 e. The molecule has 9 nitrogen and oxygen atoms in total. The first kappa shape index (κ1) is 19.1. The zero-order chi connectivity index (χ0) is 17.4. The summed E-state index contributed by atoms with van der Waals surface area (Å²) >= 11 is 0. The van der Waals surface area contributed by atoms with Crippen LogP contribution in [0.5, 0.6) is 0 Å². The van der Waals surface area contributed by atoms with Gasteiger partial charge in [-0.15, -0.1) is 12.4 Å². The second-order valence-electron chi connectivity index (χ2n) is 7.17. The van der Waals surface area contributed by atoms with Crippen molar-refractivity contribution in [2.75, 3.05) is 33.2 Å². The van der Waals surface area contributed by atoms with Crippen LogP contribution >= 0.6 is 12.4 Å². The quantitative estimate of drug-likeness (QED) is 0.727. The van der Waals surface area contributed by atoms with Gasteiger partial charge in [0.25, 0.3) is 5.91 Å². The van der Waals surface area contributed by atoms with Gasteiger partial charge >= 0.3 is 6.03 Å². The molecule has 0 aromatic carbocycles. The van der Waals surface area contributed by atoms with Crippen LogP contribution in [0.15, 0.2) is 4.52 Å². The number of nitrogens with one attached hydrogen (secondary N) is 2. The summed E-state index contributed by atoms with van der Waals surface area (Å²) in [4.78, 5) is 32.7. The van der Waals surface area contributed by atoms with Gasteiger partial charge in [0.05, 0.1) is 6.04 Å². The first-order valence-electron chi connectivity index (χ1n) is 8.97. The van der Waals surface area contributed by atoms with Crippen molar-refractivity contribution in [1.82, 2.24) is 30.6 Å². The van der Waals surface area contributed by atoms with E-state index in [1.165, 1.54) is 4.90 Å². The molecule has 2 saturated heterocycles. The Bertz CT molecular complexity index is 675. The summed E-state index contributed by atoms with van der Waals surface area (Å²) in [6.45, 7) is 2.93. The number of nitrogens with zero attached hydrogens (tertiary/aromatic N) is 4. The van der Waals surface area contributed by atoms with Crippen molar-refractivity contribution in [2.45, 2.75) is 43.7 Å². The molecule has 3 fully saturated rings. The Morgan fingerprint density at radius 2 is 2.08 bits per heavy atom. The maximum absolute atomic E-state index is 12.6. The van der Waals surface area contributed by atoms with Crippen LogP contribution in [0.25, 0.3) is 0 Å². The summed E-state index contributed by atoms with van der Waals surface area (Å²) in [6, 6.07) is -0.215. The molecule has 10 heteroatoms. The number of aromatic nitrogens is 2. The molecule has 26 heavy (non-hydrogen) atoms. The molecule has 1 saturated carbocycles. The monoisotopic (exact) mass is 384 g/mol. The van der Waals surface area contributed by atoms with E-state index >= 15 is 0 Å². The Kier molecular flexibility index (Phi) is 5.50. The Morgan fingerprint density at radius 3 is 2.81 bits per heavy atom. The smallest absolute Gasteiger partial charge is 0.325 e. The fraction of sp³-hybridized carbons (Fsp3) is 0.750. The van der Waals surface area contributed by atoms with Crippen LogP contribution in [0.2, 0.25) is 0 Å². The van der Waals surface area contributed by atoms with E-state index in [1.54, 1.807) is 0 Å². The number of halogens is 1. The van der Waals surface area contributed by atoms with Crippen LogP contribution in [0.1, 0.15) is 43.4 Å². The highest BCUT2D eigenvalue weighted by Gasteiger charge is 2.52. The summed E-state index contributed by atoms with van der Waals surface area (Å²) < 4.78 is 5.33. The molecular weight excluding hydrogens is 360 g/mol. The van der Waals surface area contributed by atoms with Crippen molar-refractivity contribution in [3.63, 3.8) is 0 Å². The van der Waals surface area contributed by atoms with Crippen LogP contribution in [0.4, 0.5) is 4.79 Å². The Morgan fingerprint density at radius 1 is 1.31 bits per heavy atom. The fourth-order valence-electron chi connectivity index (χ4n) is 4.00. The highest BCUT2D eigenvalue weighted by molar-refractivity contribution is 6.07. The number of carbonyl (C=O) groups excluding carboxylic acids is 2. The van der Waals surface area contributed by atoms with Gasteiger partial charge in [0.15, 0.2) is 5.82 Å². The third-order valence-electron chi connectivity index (χ3n) is 5.55. The SMILES string of the molecule is CN1CCNCC1c1noc(CCN2C(=O)NC3(CCCC3)C2=O)n1.Cl. The molecule has 0 radical (unpaired) electrons. The molecule has 1 aliphatic carbocycles. The molecule has 2 N–H and O–H groups in total. The normalized spacial score (nSPS) is 25.6. The standard InChI is InChI=1S/C16H24N6O3.ClH/c1-21-9-7-17-10-11(21)13-18-12(25-20-13)4-8-22-14(23)16(19-15(22)24)5-2-3-6-16;/h11,17H,2-10H2,1H3,(H,19,24);1H. The van der Waals surface area contributed by atoms with Gasteiger partial charge in [0, 0.05) is 32.6 Å². The highest BCUT2D eigenvalue weighted by Crippen LogP contribution is 2.35. The molecule has 3 aliphatic rings. The minimum absolute atomic E-state index is 0. The van der Waals surface area contributed by atoms with Gasteiger partial charge in [-0.3, -0.25) is 14.6 Å².